The van der Waals surface area contributed by atoms with Crippen molar-refractivity contribution in [3.05, 3.63) is 47.8 Å². The first-order chi connectivity index (χ1) is 7.63. The second-order valence-electron chi connectivity index (χ2n) is 4.41. The summed E-state index contributed by atoms with van der Waals surface area (Å²) < 4.78 is 13.2. The first kappa shape index (κ1) is 11.1. The van der Waals surface area contributed by atoms with Gasteiger partial charge in [-0.15, -0.1) is 6.58 Å². The molecule has 0 aromatic heterocycles. The Hall–Kier alpha value is -1.44. The SMILES string of the molecule is C=CCC1C[C@@H]1c1cc(F)ccc1C(C)=O. The Kier molecular flexibility index (Phi) is 2.90. The molecule has 0 amide bonds. The first-order valence-corrected chi connectivity index (χ1v) is 5.54. The summed E-state index contributed by atoms with van der Waals surface area (Å²) in [6.07, 6.45) is 3.87. The number of hydrogen-bond donors (Lipinski definition) is 0. The molecule has 2 heteroatoms. The molecular formula is C14H15FO. The topological polar surface area (TPSA) is 17.1 Å². The van der Waals surface area contributed by atoms with Crippen LogP contribution in [0.1, 0.15) is 41.6 Å². The number of Topliss-reactive ketones (excluding diaryl/α,β-unsaturated/α-hetero) is 1. The van der Waals surface area contributed by atoms with E-state index in [0.717, 1.165) is 18.4 Å². The van der Waals surface area contributed by atoms with Crippen LogP contribution in [0.3, 0.4) is 0 Å². The average Bonchev–Trinajstić information content (AvgIpc) is 2.97. The van der Waals surface area contributed by atoms with E-state index in [2.05, 4.69) is 6.58 Å². The second-order valence-corrected chi connectivity index (χ2v) is 4.41. The summed E-state index contributed by atoms with van der Waals surface area (Å²) in [4.78, 5) is 11.4. The van der Waals surface area contributed by atoms with Crippen molar-refractivity contribution in [1.29, 1.82) is 0 Å². The van der Waals surface area contributed by atoms with Gasteiger partial charge < -0.3 is 0 Å². The van der Waals surface area contributed by atoms with E-state index < -0.39 is 0 Å². The minimum absolute atomic E-state index is 0.0132. The molecule has 2 rings (SSSR count). The predicted octanol–water partition coefficient (Wildman–Crippen LogP) is 3.71. The molecule has 1 saturated carbocycles. The minimum atomic E-state index is -0.260. The van der Waals surface area contributed by atoms with Crippen molar-refractivity contribution in [2.75, 3.05) is 0 Å². The van der Waals surface area contributed by atoms with Crippen molar-refractivity contribution >= 4 is 5.78 Å². The zero-order valence-electron chi connectivity index (χ0n) is 9.37. The summed E-state index contributed by atoms with van der Waals surface area (Å²) in [7, 11) is 0. The van der Waals surface area contributed by atoms with Gasteiger partial charge in [-0.3, -0.25) is 4.79 Å². The van der Waals surface area contributed by atoms with E-state index in [9.17, 15) is 9.18 Å². The van der Waals surface area contributed by atoms with Gasteiger partial charge in [0.1, 0.15) is 5.82 Å². The number of hydrogen-bond acceptors (Lipinski definition) is 1. The second kappa shape index (κ2) is 4.20. The zero-order chi connectivity index (χ0) is 11.7. The van der Waals surface area contributed by atoms with Gasteiger partial charge in [0.05, 0.1) is 0 Å². The third-order valence-corrected chi connectivity index (χ3v) is 3.18. The van der Waals surface area contributed by atoms with Gasteiger partial charge in [0.15, 0.2) is 5.78 Å². The van der Waals surface area contributed by atoms with Crippen LogP contribution in [0.4, 0.5) is 4.39 Å². The molecule has 0 N–H and O–H groups in total. The molecule has 1 aliphatic carbocycles. The van der Waals surface area contributed by atoms with Gasteiger partial charge >= 0.3 is 0 Å². The van der Waals surface area contributed by atoms with Gasteiger partial charge in [0.25, 0.3) is 0 Å². The Labute approximate surface area is 95.0 Å². The van der Waals surface area contributed by atoms with Crippen molar-refractivity contribution in [3.8, 4) is 0 Å². The maximum Gasteiger partial charge on any atom is 0.160 e. The summed E-state index contributed by atoms with van der Waals surface area (Å²) in [5, 5.41) is 0. The molecule has 1 aromatic rings. The van der Waals surface area contributed by atoms with E-state index in [4.69, 9.17) is 0 Å². The highest BCUT2D eigenvalue weighted by Gasteiger charge is 2.38. The lowest BCUT2D eigenvalue weighted by Gasteiger charge is -2.06. The lowest BCUT2D eigenvalue weighted by Crippen LogP contribution is -2.00. The predicted molar refractivity (Wildman–Crippen MR) is 62.1 cm³/mol. The van der Waals surface area contributed by atoms with E-state index in [0.29, 0.717) is 17.4 Å². The number of rotatable bonds is 4. The lowest BCUT2D eigenvalue weighted by molar-refractivity contribution is 0.101. The van der Waals surface area contributed by atoms with Gasteiger partial charge in [0.2, 0.25) is 0 Å². The summed E-state index contributed by atoms with van der Waals surface area (Å²) in [5.74, 6) is 0.633. The molecule has 0 spiro atoms. The van der Waals surface area contributed by atoms with Gasteiger partial charge in [0, 0.05) is 5.56 Å². The molecule has 0 bridgehead atoms. The molecule has 0 heterocycles. The molecule has 0 radical (unpaired) electrons. The quantitative estimate of drug-likeness (QED) is 0.556. The molecule has 0 saturated heterocycles. The first-order valence-electron chi connectivity index (χ1n) is 5.54. The van der Waals surface area contributed by atoms with Crippen LogP contribution >= 0.6 is 0 Å². The molecule has 1 nitrogen and oxygen atoms in total. The number of allylic oxidation sites excluding steroid dienone is 1. The highest BCUT2D eigenvalue weighted by atomic mass is 19.1. The summed E-state index contributed by atoms with van der Waals surface area (Å²) in [6.45, 7) is 5.23. The maximum atomic E-state index is 13.2. The van der Waals surface area contributed by atoms with Crippen molar-refractivity contribution in [3.63, 3.8) is 0 Å². The van der Waals surface area contributed by atoms with Crippen LogP contribution < -0.4 is 0 Å². The summed E-state index contributed by atoms with van der Waals surface area (Å²) in [5.41, 5.74) is 1.54. The highest BCUT2D eigenvalue weighted by molar-refractivity contribution is 5.95. The molecule has 16 heavy (non-hydrogen) atoms. The van der Waals surface area contributed by atoms with Crippen molar-refractivity contribution in [2.24, 2.45) is 5.92 Å². The van der Waals surface area contributed by atoms with Gasteiger partial charge in [-0.1, -0.05) is 6.08 Å². The zero-order valence-corrected chi connectivity index (χ0v) is 9.37. The van der Waals surface area contributed by atoms with Crippen molar-refractivity contribution < 1.29 is 9.18 Å². The fourth-order valence-corrected chi connectivity index (χ4v) is 2.26. The van der Waals surface area contributed by atoms with Crippen molar-refractivity contribution in [2.45, 2.75) is 25.7 Å². The fraction of sp³-hybridized carbons (Fsp3) is 0.357. The van der Waals surface area contributed by atoms with E-state index in [-0.39, 0.29) is 11.6 Å². The van der Waals surface area contributed by atoms with Crippen LogP contribution in [0.5, 0.6) is 0 Å². The van der Waals surface area contributed by atoms with Gasteiger partial charge in [-0.05, 0) is 55.4 Å². The number of halogens is 1. The van der Waals surface area contributed by atoms with Gasteiger partial charge in [-0.2, -0.15) is 0 Å². The van der Waals surface area contributed by atoms with Gasteiger partial charge in [-0.25, -0.2) is 4.39 Å². The molecule has 1 aliphatic rings. The van der Waals surface area contributed by atoms with Crippen LogP contribution in [0.25, 0.3) is 0 Å². The molecule has 1 fully saturated rings. The summed E-state index contributed by atoms with van der Waals surface area (Å²) >= 11 is 0. The largest absolute Gasteiger partial charge is 0.295 e. The highest BCUT2D eigenvalue weighted by Crippen LogP contribution is 2.50. The van der Waals surface area contributed by atoms with E-state index >= 15 is 0 Å². The Morgan fingerprint density at radius 3 is 3.00 bits per heavy atom. The number of benzene rings is 1. The molecule has 2 atom stereocenters. The molecule has 0 aliphatic heterocycles. The third kappa shape index (κ3) is 2.06. The van der Waals surface area contributed by atoms with Crippen LogP contribution in [0, 0.1) is 11.7 Å². The summed E-state index contributed by atoms with van der Waals surface area (Å²) in [6, 6.07) is 4.45. The van der Waals surface area contributed by atoms with E-state index in [1.807, 2.05) is 6.08 Å². The van der Waals surface area contributed by atoms with Crippen LogP contribution in [0.2, 0.25) is 0 Å². The average molecular weight is 218 g/mol. The molecular weight excluding hydrogens is 203 g/mol. The number of carbonyl (C=O) groups is 1. The third-order valence-electron chi connectivity index (χ3n) is 3.18. The Bertz CT molecular complexity index is 436. The van der Waals surface area contributed by atoms with Crippen LogP contribution in [-0.2, 0) is 0 Å². The molecule has 1 aromatic carbocycles. The van der Waals surface area contributed by atoms with E-state index in [1.54, 1.807) is 6.07 Å². The number of ketones is 1. The van der Waals surface area contributed by atoms with Crippen LogP contribution in [0.15, 0.2) is 30.9 Å². The normalized spacial score (nSPS) is 22.9. The minimum Gasteiger partial charge on any atom is -0.295 e. The Morgan fingerprint density at radius 1 is 1.62 bits per heavy atom. The molecule has 84 valence electrons. The fourth-order valence-electron chi connectivity index (χ4n) is 2.26. The molecule has 1 unspecified atom stereocenters. The lowest BCUT2D eigenvalue weighted by atomic mass is 9.98. The maximum absolute atomic E-state index is 13.2. The van der Waals surface area contributed by atoms with Crippen molar-refractivity contribution in [1.82, 2.24) is 0 Å². The smallest absolute Gasteiger partial charge is 0.160 e. The van der Waals surface area contributed by atoms with E-state index in [1.165, 1.54) is 19.1 Å². The monoisotopic (exact) mass is 218 g/mol. The number of carbonyl (C=O) groups excluding carboxylic acids is 1. The standard InChI is InChI=1S/C14H15FO/c1-3-4-10-7-13(10)14-8-11(15)5-6-12(14)9(2)16/h3,5-6,8,10,13H,1,4,7H2,2H3/t10?,13-/m0/s1. The van der Waals surface area contributed by atoms with Crippen LogP contribution in [-0.4, -0.2) is 5.78 Å². The Morgan fingerprint density at radius 2 is 2.38 bits per heavy atom. The Balaban J connectivity index is 2.29.